The van der Waals surface area contributed by atoms with Gasteiger partial charge in [0.2, 0.25) is 5.91 Å². The van der Waals surface area contributed by atoms with Crippen molar-refractivity contribution < 1.29 is 19.4 Å². The van der Waals surface area contributed by atoms with Gasteiger partial charge in [-0.05, 0) is 105 Å². The van der Waals surface area contributed by atoms with Crippen molar-refractivity contribution in [2.24, 2.45) is 11.3 Å². The van der Waals surface area contributed by atoms with E-state index < -0.39 is 5.97 Å². The summed E-state index contributed by atoms with van der Waals surface area (Å²) >= 11 is 0. The second-order valence-electron chi connectivity index (χ2n) is 10.7. The average Bonchev–Trinajstić information content (AvgIpc) is 2.88. The van der Waals surface area contributed by atoms with E-state index in [-0.39, 0.29) is 11.3 Å². The first-order chi connectivity index (χ1) is 17.4. The number of aryl methyl sites for hydroxylation is 1. The van der Waals surface area contributed by atoms with Crippen molar-refractivity contribution in [2.75, 3.05) is 12.4 Å². The van der Waals surface area contributed by atoms with Crippen molar-refractivity contribution in [3.63, 3.8) is 0 Å². The Bertz CT molecular complexity index is 1090. The third-order valence-corrected chi connectivity index (χ3v) is 8.27. The number of nitrogens with one attached hydrogen (secondary N) is 1. The lowest BCUT2D eigenvalue weighted by Gasteiger charge is -2.40. The van der Waals surface area contributed by atoms with Gasteiger partial charge in [0, 0.05) is 17.2 Å². The van der Waals surface area contributed by atoms with E-state index in [4.69, 9.17) is 9.84 Å². The average molecular weight is 490 g/mol. The number of carboxylic acids is 1. The lowest BCUT2D eigenvalue weighted by molar-refractivity contribution is -0.131. The molecule has 0 spiro atoms. The van der Waals surface area contributed by atoms with Crippen LogP contribution in [0.15, 0.2) is 48.5 Å². The molecular formula is C31H39NO4. The van der Waals surface area contributed by atoms with Gasteiger partial charge in [0.15, 0.2) is 0 Å². The van der Waals surface area contributed by atoms with E-state index in [9.17, 15) is 9.59 Å². The van der Waals surface area contributed by atoms with Crippen molar-refractivity contribution in [3.8, 4) is 5.75 Å². The molecule has 2 aliphatic carbocycles. The van der Waals surface area contributed by atoms with Crippen molar-refractivity contribution in [3.05, 3.63) is 65.2 Å². The number of hydrogen-bond acceptors (Lipinski definition) is 3. The lowest BCUT2D eigenvalue weighted by atomic mass is 9.65. The fourth-order valence-corrected chi connectivity index (χ4v) is 6.31. The van der Waals surface area contributed by atoms with E-state index in [1.165, 1.54) is 43.2 Å². The number of methoxy groups -OCH3 is 1. The molecular weight excluding hydrogens is 450 g/mol. The van der Waals surface area contributed by atoms with Crippen LogP contribution in [-0.2, 0) is 9.59 Å². The molecule has 0 aromatic heterocycles. The lowest BCUT2D eigenvalue weighted by Crippen LogP contribution is -2.40. The summed E-state index contributed by atoms with van der Waals surface area (Å²) in [5, 5.41) is 12.1. The molecule has 0 bridgehead atoms. The molecule has 0 unspecified atom stereocenters. The molecule has 2 N–H and O–H groups in total. The normalized spacial score (nSPS) is 21.7. The summed E-state index contributed by atoms with van der Waals surface area (Å²) in [6.07, 6.45) is 13.6. The van der Waals surface area contributed by atoms with Crippen LogP contribution in [-0.4, -0.2) is 24.1 Å². The zero-order chi connectivity index (χ0) is 25.5. The molecule has 2 aromatic carbocycles. The second kappa shape index (κ2) is 11.8. The van der Waals surface area contributed by atoms with Crippen LogP contribution in [0.25, 0.3) is 6.08 Å². The molecule has 0 radical (unpaired) electrons. The van der Waals surface area contributed by atoms with Gasteiger partial charge in [-0.15, -0.1) is 0 Å². The van der Waals surface area contributed by atoms with Crippen LogP contribution in [0.5, 0.6) is 5.75 Å². The largest absolute Gasteiger partial charge is 0.496 e. The number of aliphatic carboxylic acids is 1. The summed E-state index contributed by atoms with van der Waals surface area (Å²) in [4.78, 5) is 24.5. The van der Waals surface area contributed by atoms with Gasteiger partial charge in [-0.2, -0.15) is 0 Å². The van der Waals surface area contributed by atoms with Crippen LogP contribution in [0.3, 0.4) is 0 Å². The summed E-state index contributed by atoms with van der Waals surface area (Å²) in [6.45, 7) is 2.11. The number of anilines is 1. The van der Waals surface area contributed by atoms with Crippen LogP contribution in [0.1, 0.15) is 86.8 Å². The number of ether oxygens (including phenoxy) is 1. The van der Waals surface area contributed by atoms with Gasteiger partial charge in [0.1, 0.15) is 5.75 Å². The first-order valence-electron chi connectivity index (χ1n) is 13.4. The van der Waals surface area contributed by atoms with Crippen molar-refractivity contribution in [2.45, 2.75) is 77.0 Å². The number of rotatable bonds is 8. The highest BCUT2D eigenvalue weighted by Crippen LogP contribution is 2.47. The van der Waals surface area contributed by atoms with E-state index in [1.54, 1.807) is 13.2 Å². The van der Waals surface area contributed by atoms with Gasteiger partial charge in [0.05, 0.1) is 7.11 Å². The predicted octanol–water partition coefficient (Wildman–Crippen LogP) is 7.35. The molecule has 5 nitrogen and oxygen atoms in total. The number of benzene rings is 2. The van der Waals surface area contributed by atoms with Gasteiger partial charge >= 0.3 is 5.97 Å². The topological polar surface area (TPSA) is 75.6 Å². The third-order valence-electron chi connectivity index (χ3n) is 8.27. The number of carboxylic acid groups (broad SMARTS) is 1. The Hall–Kier alpha value is -3.08. The second-order valence-corrected chi connectivity index (χ2v) is 10.7. The fourth-order valence-electron chi connectivity index (χ4n) is 6.31. The monoisotopic (exact) mass is 489 g/mol. The van der Waals surface area contributed by atoms with Gasteiger partial charge in [0.25, 0.3) is 0 Å². The van der Waals surface area contributed by atoms with Crippen LogP contribution < -0.4 is 10.1 Å². The van der Waals surface area contributed by atoms with E-state index >= 15 is 0 Å². The maximum Gasteiger partial charge on any atom is 0.328 e. The molecule has 1 amide bonds. The molecule has 0 aliphatic heterocycles. The summed E-state index contributed by atoms with van der Waals surface area (Å²) in [6, 6.07) is 14.0. The van der Waals surface area contributed by atoms with Crippen LogP contribution in [0.2, 0.25) is 0 Å². The first kappa shape index (κ1) is 26.0. The molecule has 0 atom stereocenters. The summed E-state index contributed by atoms with van der Waals surface area (Å²) in [5.74, 6) is 1.26. The summed E-state index contributed by atoms with van der Waals surface area (Å²) in [7, 11) is 1.72. The highest BCUT2D eigenvalue weighted by atomic mass is 16.5. The molecule has 5 heteroatoms. The standard InChI is InChI=1S/C31H39NO4/c1-22-19-26(14-15-28(22)36-2)25-12-9-24(10-13-25)21-31(17-4-3-5-18-31)30(35)32-27-8-6-7-23(20-27)11-16-29(33)34/h6-8,11,14-16,19-20,24-25H,3-5,9-10,12-13,17-18,21H2,1-2H3,(H,32,35)(H,33,34)/b16-11+. The number of amides is 1. The van der Waals surface area contributed by atoms with Crippen LogP contribution in [0.4, 0.5) is 5.69 Å². The fraction of sp³-hybridized carbons (Fsp3) is 0.484. The number of carbonyl (C=O) groups excluding carboxylic acids is 1. The molecule has 0 heterocycles. The Balaban J connectivity index is 1.41. The molecule has 2 aliphatic rings. The highest BCUT2D eigenvalue weighted by molar-refractivity contribution is 5.95. The third kappa shape index (κ3) is 6.37. The van der Waals surface area contributed by atoms with Crippen molar-refractivity contribution >= 4 is 23.6 Å². The zero-order valence-corrected chi connectivity index (χ0v) is 21.6. The van der Waals surface area contributed by atoms with Crippen LogP contribution in [0, 0.1) is 18.3 Å². The zero-order valence-electron chi connectivity index (χ0n) is 21.6. The summed E-state index contributed by atoms with van der Waals surface area (Å²) < 4.78 is 5.43. The van der Waals surface area contributed by atoms with Gasteiger partial charge in [-0.1, -0.05) is 43.5 Å². The molecule has 192 valence electrons. The Morgan fingerprint density at radius 1 is 1.06 bits per heavy atom. The SMILES string of the molecule is COc1ccc(C2CCC(CC3(C(=O)Nc4cccc(/C=C/C(=O)O)c4)CCCCC3)CC2)cc1C. The maximum absolute atomic E-state index is 13.7. The molecule has 36 heavy (non-hydrogen) atoms. The Morgan fingerprint density at radius 3 is 2.47 bits per heavy atom. The van der Waals surface area contributed by atoms with Crippen LogP contribution >= 0.6 is 0 Å². The van der Waals surface area contributed by atoms with E-state index in [2.05, 4.69) is 30.4 Å². The molecule has 4 rings (SSSR count). The Labute approximate surface area is 215 Å². The highest BCUT2D eigenvalue weighted by Gasteiger charge is 2.42. The smallest absolute Gasteiger partial charge is 0.328 e. The molecule has 2 saturated carbocycles. The summed E-state index contributed by atoms with van der Waals surface area (Å²) in [5.41, 5.74) is 3.79. The maximum atomic E-state index is 13.7. The van der Waals surface area contributed by atoms with Crippen molar-refractivity contribution in [1.82, 2.24) is 0 Å². The van der Waals surface area contributed by atoms with Crippen molar-refractivity contribution in [1.29, 1.82) is 0 Å². The van der Waals surface area contributed by atoms with E-state index in [0.717, 1.165) is 55.2 Å². The first-order valence-corrected chi connectivity index (χ1v) is 13.4. The minimum absolute atomic E-state index is 0.134. The quantitative estimate of drug-likeness (QED) is 0.380. The van der Waals surface area contributed by atoms with Gasteiger partial charge in [-0.3, -0.25) is 4.79 Å². The van der Waals surface area contributed by atoms with Gasteiger partial charge < -0.3 is 15.2 Å². The predicted molar refractivity (Wildman–Crippen MR) is 144 cm³/mol. The number of hydrogen-bond donors (Lipinski definition) is 2. The minimum Gasteiger partial charge on any atom is -0.496 e. The molecule has 2 fully saturated rings. The minimum atomic E-state index is -0.984. The Kier molecular flexibility index (Phi) is 8.50. The molecule has 2 aromatic rings. The Morgan fingerprint density at radius 2 is 1.81 bits per heavy atom. The van der Waals surface area contributed by atoms with E-state index in [1.807, 2.05) is 24.3 Å². The van der Waals surface area contributed by atoms with Gasteiger partial charge in [-0.25, -0.2) is 4.79 Å². The number of carbonyl (C=O) groups is 2. The van der Waals surface area contributed by atoms with E-state index in [0.29, 0.717) is 11.8 Å². The molecule has 0 saturated heterocycles.